The average molecular weight is 217 g/mol. The van der Waals surface area contributed by atoms with Crippen molar-refractivity contribution in [1.82, 2.24) is 15.0 Å². The summed E-state index contributed by atoms with van der Waals surface area (Å²) in [5.74, 6) is 2.80. The summed E-state index contributed by atoms with van der Waals surface area (Å²) in [4.78, 5) is 11.2. The van der Waals surface area contributed by atoms with Crippen molar-refractivity contribution in [3.8, 4) is 12.3 Å². The highest BCUT2D eigenvalue weighted by Crippen LogP contribution is 2.08. The maximum Gasteiger partial charge on any atom is 0.228 e. The maximum absolute atomic E-state index is 5.54. The van der Waals surface area contributed by atoms with Gasteiger partial charge in [-0.1, -0.05) is 0 Å². The van der Waals surface area contributed by atoms with Gasteiger partial charge in [-0.15, -0.1) is 12.3 Å². The third-order valence-electron chi connectivity index (χ3n) is 1.13. The van der Waals surface area contributed by atoms with E-state index >= 15 is 0 Å². The van der Waals surface area contributed by atoms with Crippen molar-refractivity contribution in [2.45, 2.75) is 6.42 Å². The van der Waals surface area contributed by atoms with Crippen molar-refractivity contribution in [3.05, 3.63) is 10.6 Å². The minimum absolute atomic E-state index is 0.0585. The molecule has 0 aromatic carbocycles. The van der Waals surface area contributed by atoms with Gasteiger partial charge < -0.3 is 5.32 Å². The van der Waals surface area contributed by atoms with Gasteiger partial charge in [-0.05, 0) is 23.2 Å². The highest BCUT2D eigenvalue weighted by Gasteiger charge is 2.00. The van der Waals surface area contributed by atoms with Crippen LogP contribution in [-0.2, 0) is 0 Å². The molecule has 0 fully saturated rings. The molecule has 0 spiro atoms. The lowest BCUT2D eigenvalue weighted by molar-refractivity contribution is 0.993. The maximum atomic E-state index is 5.54. The van der Waals surface area contributed by atoms with Gasteiger partial charge in [0.2, 0.25) is 16.5 Å². The minimum Gasteiger partial charge on any atom is -0.353 e. The van der Waals surface area contributed by atoms with Crippen LogP contribution in [0.1, 0.15) is 6.42 Å². The van der Waals surface area contributed by atoms with Gasteiger partial charge >= 0.3 is 0 Å². The van der Waals surface area contributed by atoms with E-state index in [0.29, 0.717) is 18.9 Å². The van der Waals surface area contributed by atoms with Crippen molar-refractivity contribution in [2.24, 2.45) is 0 Å². The molecule has 0 aliphatic heterocycles. The Morgan fingerprint density at radius 2 is 1.85 bits per heavy atom. The topological polar surface area (TPSA) is 50.7 Å². The number of nitrogens with zero attached hydrogens (tertiary/aromatic N) is 3. The van der Waals surface area contributed by atoms with Gasteiger partial charge in [0.1, 0.15) is 0 Å². The van der Waals surface area contributed by atoms with Crippen molar-refractivity contribution in [3.63, 3.8) is 0 Å². The van der Waals surface area contributed by atoms with E-state index in [-0.39, 0.29) is 10.6 Å². The zero-order valence-corrected chi connectivity index (χ0v) is 8.10. The van der Waals surface area contributed by atoms with Crippen molar-refractivity contribution < 1.29 is 0 Å². The number of anilines is 1. The minimum atomic E-state index is 0.0585. The fourth-order valence-electron chi connectivity index (χ4n) is 0.651. The molecule has 0 amide bonds. The van der Waals surface area contributed by atoms with Crippen molar-refractivity contribution in [2.75, 3.05) is 11.9 Å². The standard InChI is InChI=1S/C7H6Cl2N4/c1-2-3-4-10-7-12-5(8)11-6(9)13-7/h1H,3-4H2,(H,10,11,12,13). The number of hydrogen-bond donors (Lipinski definition) is 1. The monoisotopic (exact) mass is 216 g/mol. The molecule has 4 nitrogen and oxygen atoms in total. The second-order valence-corrected chi connectivity index (χ2v) is 2.75. The number of hydrogen-bond acceptors (Lipinski definition) is 4. The summed E-state index contributed by atoms with van der Waals surface area (Å²) in [5, 5.41) is 2.97. The Balaban J connectivity index is 2.62. The zero-order chi connectivity index (χ0) is 9.68. The normalized spacial score (nSPS) is 9.31. The lowest BCUT2D eigenvalue weighted by Crippen LogP contribution is -2.05. The van der Waals surface area contributed by atoms with E-state index in [0.717, 1.165) is 0 Å². The Labute approximate surface area is 85.7 Å². The lowest BCUT2D eigenvalue weighted by atomic mass is 10.4. The number of halogens is 2. The van der Waals surface area contributed by atoms with Crippen LogP contribution in [0.4, 0.5) is 5.95 Å². The number of rotatable bonds is 3. The molecule has 6 heteroatoms. The summed E-state index contributed by atoms with van der Waals surface area (Å²) in [7, 11) is 0. The van der Waals surface area contributed by atoms with Crippen LogP contribution in [0.2, 0.25) is 10.6 Å². The van der Waals surface area contributed by atoms with Crippen LogP contribution in [0, 0.1) is 12.3 Å². The van der Waals surface area contributed by atoms with Gasteiger partial charge in [-0.2, -0.15) is 15.0 Å². The molecular weight excluding hydrogens is 211 g/mol. The van der Waals surface area contributed by atoms with E-state index in [1.807, 2.05) is 0 Å². The Bertz CT molecular complexity index is 314. The molecular formula is C7H6Cl2N4. The first-order valence-corrected chi connectivity index (χ1v) is 4.22. The average Bonchev–Trinajstić information content (AvgIpc) is 2.03. The van der Waals surface area contributed by atoms with Crippen LogP contribution in [0.5, 0.6) is 0 Å². The van der Waals surface area contributed by atoms with Crippen molar-refractivity contribution in [1.29, 1.82) is 0 Å². The van der Waals surface area contributed by atoms with Gasteiger partial charge in [-0.25, -0.2) is 0 Å². The van der Waals surface area contributed by atoms with Gasteiger partial charge in [0.05, 0.1) is 0 Å². The van der Waals surface area contributed by atoms with Crippen molar-refractivity contribution >= 4 is 29.2 Å². The number of terminal acetylenes is 1. The molecule has 68 valence electrons. The molecule has 0 aliphatic carbocycles. The van der Waals surface area contributed by atoms with Crippen LogP contribution in [0.15, 0.2) is 0 Å². The summed E-state index contributed by atoms with van der Waals surface area (Å²) in [6.45, 7) is 0.577. The Kier molecular flexibility index (Phi) is 3.74. The summed E-state index contributed by atoms with van der Waals surface area (Å²) in [6, 6.07) is 0. The molecule has 1 N–H and O–H groups in total. The van der Waals surface area contributed by atoms with Crippen LogP contribution < -0.4 is 5.32 Å². The Hall–Kier alpha value is -1.05. The first-order chi connectivity index (χ1) is 6.22. The first kappa shape index (κ1) is 10.0. The molecule has 0 unspecified atom stereocenters. The van der Waals surface area contributed by atoms with E-state index in [2.05, 4.69) is 26.2 Å². The Morgan fingerprint density at radius 1 is 1.23 bits per heavy atom. The predicted octanol–water partition coefficient (Wildman–Crippen LogP) is 1.61. The van der Waals surface area contributed by atoms with Crippen LogP contribution in [0.25, 0.3) is 0 Å². The van der Waals surface area contributed by atoms with E-state index < -0.39 is 0 Å². The molecule has 1 rings (SSSR count). The van der Waals surface area contributed by atoms with Gasteiger partial charge in [0, 0.05) is 13.0 Å². The van der Waals surface area contributed by atoms with Gasteiger partial charge in [0.15, 0.2) is 0 Å². The molecule has 0 saturated carbocycles. The smallest absolute Gasteiger partial charge is 0.228 e. The summed E-state index contributed by atoms with van der Waals surface area (Å²) >= 11 is 11.1. The van der Waals surface area contributed by atoms with E-state index in [4.69, 9.17) is 29.6 Å². The SMILES string of the molecule is C#CCCNc1nc(Cl)nc(Cl)n1. The predicted molar refractivity (Wildman–Crippen MR) is 51.8 cm³/mol. The number of aromatic nitrogens is 3. The van der Waals surface area contributed by atoms with Gasteiger partial charge in [0.25, 0.3) is 0 Å². The summed E-state index contributed by atoms with van der Waals surface area (Å²) in [6.07, 6.45) is 5.64. The first-order valence-electron chi connectivity index (χ1n) is 3.47. The Morgan fingerprint density at radius 3 is 2.38 bits per heavy atom. The highest BCUT2D eigenvalue weighted by molar-refractivity contribution is 6.31. The van der Waals surface area contributed by atoms with E-state index in [1.54, 1.807) is 0 Å². The molecule has 0 saturated heterocycles. The molecule has 1 aromatic heterocycles. The third kappa shape index (κ3) is 3.45. The highest BCUT2D eigenvalue weighted by atomic mass is 35.5. The molecule has 0 radical (unpaired) electrons. The molecule has 0 atom stereocenters. The second kappa shape index (κ2) is 4.85. The van der Waals surface area contributed by atoms with E-state index in [9.17, 15) is 0 Å². The third-order valence-corrected chi connectivity index (χ3v) is 1.47. The fraction of sp³-hybridized carbons (Fsp3) is 0.286. The summed E-state index contributed by atoms with van der Waals surface area (Å²) in [5.41, 5.74) is 0. The molecule has 1 heterocycles. The zero-order valence-electron chi connectivity index (χ0n) is 6.59. The second-order valence-electron chi connectivity index (χ2n) is 2.08. The molecule has 1 aromatic rings. The molecule has 0 aliphatic rings. The van der Waals surface area contributed by atoms with Crippen LogP contribution >= 0.6 is 23.2 Å². The molecule has 0 bridgehead atoms. The quantitative estimate of drug-likeness (QED) is 0.617. The summed E-state index contributed by atoms with van der Waals surface area (Å²) < 4.78 is 0. The number of nitrogens with one attached hydrogen (secondary N) is 1. The van der Waals surface area contributed by atoms with Crippen LogP contribution in [-0.4, -0.2) is 21.5 Å². The fourth-order valence-corrected chi connectivity index (χ4v) is 1.01. The largest absolute Gasteiger partial charge is 0.353 e. The molecule has 13 heavy (non-hydrogen) atoms. The van der Waals surface area contributed by atoms with Crippen LogP contribution in [0.3, 0.4) is 0 Å². The van der Waals surface area contributed by atoms with E-state index in [1.165, 1.54) is 0 Å². The lowest BCUT2D eigenvalue weighted by Gasteiger charge is -2.01. The van der Waals surface area contributed by atoms with Gasteiger partial charge in [-0.3, -0.25) is 0 Å².